The number of ether oxygens (including phenoxy) is 1. The molecule has 0 aliphatic rings. The maximum atomic E-state index is 14.2. The Hall–Kier alpha value is -4.30. The molecule has 36 heavy (non-hydrogen) atoms. The van der Waals surface area contributed by atoms with E-state index in [1.54, 1.807) is 6.07 Å². The van der Waals surface area contributed by atoms with Gasteiger partial charge in [0, 0.05) is 28.6 Å². The average Bonchev–Trinajstić information content (AvgIpc) is 3.25. The normalized spacial score (nSPS) is 12.1. The smallest absolute Gasteiger partial charge is 0.168 e. The van der Waals surface area contributed by atoms with Gasteiger partial charge in [0.05, 0.1) is 23.1 Å². The Balaban J connectivity index is 1.52. The van der Waals surface area contributed by atoms with Crippen LogP contribution < -0.4 is 10.5 Å². The van der Waals surface area contributed by atoms with Crippen molar-refractivity contribution in [3.8, 4) is 33.9 Å². The van der Waals surface area contributed by atoms with Crippen LogP contribution in [0.25, 0.3) is 33.3 Å². The zero-order valence-electron chi connectivity index (χ0n) is 19.5. The minimum Gasteiger partial charge on any atom is -0.504 e. The van der Waals surface area contributed by atoms with E-state index >= 15 is 0 Å². The number of fused-ring (bicyclic) bond motifs is 1. The summed E-state index contributed by atoms with van der Waals surface area (Å²) in [4.78, 5) is 4.44. The number of H-pyrrole nitrogens is 1. The predicted octanol–water partition coefficient (Wildman–Crippen LogP) is 5.53. The van der Waals surface area contributed by atoms with Gasteiger partial charge in [-0.1, -0.05) is 36.4 Å². The SMILES string of the molecule is Cc1n[nH]c2ccc(-c3cc(OC[C@@H](N)Cc4ccccc4)cnc3-c3cc(F)cc(F)c3O)cc12. The van der Waals surface area contributed by atoms with Crippen molar-refractivity contribution in [1.29, 1.82) is 0 Å². The molecule has 4 N–H and O–H groups in total. The van der Waals surface area contributed by atoms with Crippen molar-refractivity contribution >= 4 is 10.9 Å². The highest BCUT2D eigenvalue weighted by molar-refractivity contribution is 5.91. The molecule has 0 spiro atoms. The fourth-order valence-corrected chi connectivity index (χ4v) is 4.20. The third kappa shape index (κ3) is 4.76. The van der Waals surface area contributed by atoms with E-state index < -0.39 is 17.4 Å². The number of nitrogens with one attached hydrogen (secondary N) is 1. The van der Waals surface area contributed by atoms with Gasteiger partial charge in [-0.3, -0.25) is 10.1 Å². The number of nitrogens with two attached hydrogens (primary N) is 1. The summed E-state index contributed by atoms with van der Waals surface area (Å²) in [5.41, 5.74) is 10.4. The van der Waals surface area contributed by atoms with Crippen molar-refractivity contribution in [2.24, 2.45) is 5.73 Å². The summed E-state index contributed by atoms with van der Waals surface area (Å²) in [7, 11) is 0. The number of aromatic hydroxyl groups is 1. The number of hydrogen-bond acceptors (Lipinski definition) is 5. The Morgan fingerprint density at radius 1 is 1.03 bits per heavy atom. The van der Waals surface area contributed by atoms with Crippen molar-refractivity contribution in [1.82, 2.24) is 15.2 Å². The van der Waals surface area contributed by atoms with Crippen LogP contribution in [0.1, 0.15) is 11.3 Å². The minimum absolute atomic E-state index is 0.0566. The monoisotopic (exact) mass is 486 g/mol. The molecule has 1 atom stereocenters. The molecule has 2 heterocycles. The molecular formula is C28H24F2N4O2. The quantitative estimate of drug-likeness (QED) is 0.281. The molecule has 0 radical (unpaired) electrons. The van der Waals surface area contributed by atoms with E-state index in [1.807, 2.05) is 55.5 Å². The Bertz CT molecular complexity index is 1540. The standard InChI is InChI=1S/C28H24F2N4O2/c1-16-22-10-18(7-8-26(22)34-33-16)23-13-21(36-15-20(31)9-17-5-3-2-4-6-17)14-32-27(23)24-11-19(29)12-25(30)28(24)35/h2-8,10-14,20,35H,9,15,31H2,1H3,(H,33,34)/t20-/m0/s1. The number of phenols is 1. The average molecular weight is 487 g/mol. The van der Waals surface area contributed by atoms with Crippen LogP contribution in [-0.4, -0.2) is 32.9 Å². The molecular weight excluding hydrogens is 462 g/mol. The van der Waals surface area contributed by atoms with Crippen molar-refractivity contribution < 1.29 is 18.6 Å². The molecule has 0 aliphatic heterocycles. The van der Waals surface area contributed by atoms with Crippen molar-refractivity contribution in [2.75, 3.05) is 6.61 Å². The van der Waals surface area contributed by atoms with Crippen LogP contribution in [0.3, 0.4) is 0 Å². The lowest BCUT2D eigenvalue weighted by Crippen LogP contribution is -2.30. The summed E-state index contributed by atoms with van der Waals surface area (Å²) in [6.07, 6.45) is 2.10. The number of hydrogen-bond donors (Lipinski definition) is 3. The second-order valence-electron chi connectivity index (χ2n) is 8.68. The first-order chi connectivity index (χ1) is 17.4. The summed E-state index contributed by atoms with van der Waals surface area (Å²) in [6, 6.07) is 18.7. The van der Waals surface area contributed by atoms with Gasteiger partial charge in [0.2, 0.25) is 0 Å². The zero-order chi connectivity index (χ0) is 25.2. The highest BCUT2D eigenvalue weighted by atomic mass is 19.1. The van der Waals surface area contributed by atoms with Crippen LogP contribution in [0.5, 0.6) is 11.5 Å². The van der Waals surface area contributed by atoms with E-state index in [0.717, 1.165) is 33.8 Å². The Morgan fingerprint density at radius 3 is 2.64 bits per heavy atom. The lowest BCUT2D eigenvalue weighted by molar-refractivity contribution is 0.287. The molecule has 2 aromatic heterocycles. The molecule has 3 aromatic carbocycles. The topological polar surface area (TPSA) is 97.0 Å². The lowest BCUT2D eigenvalue weighted by atomic mass is 9.97. The first-order valence-electron chi connectivity index (χ1n) is 11.4. The number of aryl methyl sites for hydroxylation is 1. The zero-order valence-corrected chi connectivity index (χ0v) is 19.5. The molecule has 0 fully saturated rings. The van der Waals surface area contributed by atoms with Crippen molar-refractivity contribution in [3.05, 3.63) is 95.8 Å². The van der Waals surface area contributed by atoms with Gasteiger partial charge in [0.1, 0.15) is 18.2 Å². The Morgan fingerprint density at radius 2 is 1.83 bits per heavy atom. The number of aromatic amines is 1. The van der Waals surface area contributed by atoms with Crippen LogP contribution in [0.4, 0.5) is 8.78 Å². The molecule has 8 heteroatoms. The molecule has 0 saturated heterocycles. The summed E-state index contributed by atoms with van der Waals surface area (Å²) >= 11 is 0. The summed E-state index contributed by atoms with van der Waals surface area (Å²) in [5.74, 6) is -2.12. The van der Waals surface area contributed by atoms with Gasteiger partial charge in [0.15, 0.2) is 11.6 Å². The minimum atomic E-state index is -1.06. The molecule has 0 unspecified atom stereocenters. The highest BCUT2D eigenvalue weighted by Gasteiger charge is 2.19. The molecule has 6 nitrogen and oxygen atoms in total. The Kier molecular flexibility index (Phi) is 6.35. The molecule has 5 aromatic rings. The maximum Gasteiger partial charge on any atom is 0.168 e. The summed E-state index contributed by atoms with van der Waals surface area (Å²) < 4.78 is 34.2. The van der Waals surface area contributed by atoms with Crippen LogP contribution >= 0.6 is 0 Å². The second kappa shape index (κ2) is 9.75. The van der Waals surface area contributed by atoms with E-state index in [4.69, 9.17) is 10.5 Å². The largest absolute Gasteiger partial charge is 0.504 e. The fraction of sp³-hybridized carbons (Fsp3) is 0.143. The maximum absolute atomic E-state index is 14.2. The molecule has 0 aliphatic carbocycles. The third-order valence-corrected chi connectivity index (χ3v) is 6.02. The first-order valence-corrected chi connectivity index (χ1v) is 11.4. The van der Waals surface area contributed by atoms with Gasteiger partial charge >= 0.3 is 0 Å². The number of halogens is 2. The first kappa shape index (κ1) is 23.4. The van der Waals surface area contributed by atoms with Crippen molar-refractivity contribution in [3.63, 3.8) is 0 Å². The molecule has 0 bridgehead atoms. The van der Waals surface area contributed by atoms with Gasteiger partial charge in [-0.15, -0.1) is 0 Å². The molecule has 0 saturated carbocycles. The fourth-order valence-electron chi connectivity index (χ4n) is 4.20. The van der Waals surface area contributed by atoms with Crippen LogP contribution in [0.15, 0.2) is 72.9 Å². The number of benzene rings is 3. The Labute approximate surface area is 206 Å². The second-order valence-corrected chi connectivity index (χ2v) is 8.68. The predicted molar refractivity (Wildman–Crippen MR) is 135 cm³/mol. The van der Waals surface area contributed by atoms with Gasteiger partial charge in [0.25, 0.3) is 0 Å². The molecule has 182 valence electrons. The van der Waals surface area contributed by atoms with Crippen molar-refractivity contribution in [2.45, 2.75) is 19.4 Å². The summed E-state index contributed by atoms with van der Waals surface area (Å²) in [5, 5.41) is 18.5. The van der Waals surface area contributed by atoms with E-state index in [0.29, 0.717) is 23.8 Å². The van der Waals surface area contributed by atoms with E-state index in [-0.39, 0.29) is 23.9 Å². The third-order valence-electron chi connectivity index (χ3n) is 6.02. The van der Waals surface area contributed by atoms with E-state index in [9.17, 15) is 13.9 Å². The van der Waals surface area contributed by atoms with Crippen LogP contribution in [0, 0.1) is 18.6 Å². The number of aromatic nitrogens is 3. The van der Waals surface area contributed by atoms with Gasteiger partial charge in [-0.2, -0.15) is 5.10 Å². The number of nitrogens with zero attached hydrogens (tertiary/aromatic N) is 2. The van der Waals surface area contributed by atoms with E-state index in [2.05, 4.69) is 15.2 Å². The number of phenolic OH excluding ortho intramolecular Hbond substituents is 1. The van der Waals surface area contributed by atoms with Gasteiger partial charge in [-0.25, -0.2) is 8.78 Å². The van der Waals surface area contributed by atoms with Crippen LogP contribution in [0.2, 0.25) is 0 Å². The lowest BCUT2D eigenvalue weighted by Gasteiger charge is -2.16. The van der Waals surface area contributed by atoms with E-state index in [1.165, 1.54) is 6.20 Å². The van der Waals surface area contributed by atoms with Gasteiger partial charge in [-0.05, 0) is 48.7 Å². The van der Waals surface area contributed by atoms with Gasteiger partial charge < -0.3 is 15.6 Å². The molecule has 5 rings (SSSR count). The summed E-state index contributed by atoms with van der Waals surface area (Å²) in [6.45, 7) is 2.12. The van der Waals surface area contributed by atoms with Crippen LogP contribution in [-0.2, 0) is 6.42 Å². The number of rotatable bonds is 7. The highest BCUT2D eigenvalue weighted by Crippen LogP contribution is 2.39. The molecule has 0 amide bonds. The number of pyridine rings is 1.